The number of nitrogens with zero attached hydrogens (tertiary/aromatic N) is 2. The lowest BCUT2D eigenvalue weighted by Crippen LogP contribution is -2.02. The molecule has 1 aromatic heterocycles. The summed E-state index contributed by atoms with van der Waals surface area (Å²) in [6.45, 7) is 1.93. The second-order valence-corrected chi connectivity index (χ2v) is 5.43. The number of nitrogens with two attached hydrogens (primary N) is 1. The van der Waals surface area contributed by atoms with Crippen LogP contribution in [0.2, 0.25) is 0 Å². The fraction of sp³-hybridized carbons (Fsp3) is 0.0556. The molecule has 1 aromatic carbocycles. The average Bonchev–Trinajstić information content (AvgIpc) is 2.53. The first-order valence-corrected chi connectivity index (χ1v) is 7.22. The van der Waals surface area contributed by atoms with Crippen LogP contribution in [-0.4, -0.2) is 9.97 Å². The second-order valence-electron chi connectivity index (χ2n) is 5.43. The van der Waals surface area contributed by atoms with Crippen LogP contribution in [0.3, 0.4) is 0 Å². The lowest BCUT2D eigenvalue weighted by Gasteiger charge is -2.15. The number of rotatable bonds is 1. The van der Waals surface area contributed by atoms with Crippen LogP contribution in [-0.2, 0) is 0 Å². The largest absolute Gasteiger partial charge is 0.456 e. The van der Waals surface area contributed by atoms with E-state index in [-0.39, 0.29) is 0 Å². The molecule has 2 aromatic rings. The molecule has 112 valence electrons. The maximum atomic E-state index is 7.83. The first-order chi connectivity index (χ1) is 11.1. The van der Waals surface area contributed by atoms with Crippen LogP contribution < -0.4 is 11.1 Å². The number of hydrogen-bond acceptors (Lipinski definition) is 5. The van der Waals surface area contributed by atoms with Crippen molar-refractivity contribution in [2.75, 3.05) is 5.73 Å². The maximum Gasteiger partial charge on any atom is 0.137 e. The van der Waals surface area contributed by atoms with E-state index in [4.69, 9.17) is 15.6 Å². The smallest absolute Gasteiger partial charge is 0.137 e. The van der Waals surface area contributed by atoms with Gasteiger partial charge in [-0.2, -0.15) is 0 Å². The van der Waals surface area contributed by atoms with Crippen LogP contribution in [0.4, 0.5) is 5.69 Å². The van der Waals surface area contributed by atoms with Gasteiger partial charge in [0.2, 0.25) is 0 Å². The SMILES string of the molecule is Cc1nccnc1-c1c2ccc(=N)cc-2oc2cc(N)ccc12. The summed E-state index contributed by atoms with van der Waals surface area (Å²) in [6.07, 6.45) is 3.36. The van der Waals surface area contributed by atoms with Gasteiger partial charge in [0.25, 0.3) is 0 Å². The number of aryl methyl sites for hydroxylation is 1. The molecule has 2 heterocycles. The summed E-state index contributed by atoms with van der Waals surface area (Å²) in [5, 5.41) is 9.15. The van der Waals surface area contributed by atoms with E-state index in [2.05, 4.69) is 9.97 Å². The molecule has 0 amide bonds. The number of fused-ring (bicyclic) bond motifs is 2. The van der Waals surface area contributed by atoms with Crippen molar-refractivity contribution in [2.45, 2.75) is 6.92 Å². The minimum Gasteiger partial charge on any atom is -0.456 e. The summed E-state index contributed by atoms with van der Waals surface area (Å²) in [7, 11) is 0. The Morgan fingerprint density at radius 3 is 2.70 bits per heavy atom. The van der Waals surface area contributed by atoms with Gasteiger partial charge in [0.1, 0.15) is 11.3 Å². The van der Waals surface area contributed by atoms with Crippen molar-refractivity contribution in [2.24, 2.45) is 0 Å². The highest BCUT2D eigenvalue weighted by Gasteiger charge is 2.19. The van der Waals surface area contributed by atoms with Gasteiger partial charge in [0.05, 0.1) is 16.7 Å². The van der Waals surface area contributed by atoms with Crippen molar-refractivity contribution in [3.63, 3.8) is 0 Å². The Balaban J connectivity index is 2.23. The molecule has 1 aliphatic heterocycles. The zero-order chi connectivity index (χ0) is 16.0. The highest BCUT2D eigenvalue weighted by Crippen LogP contribution is 2.39. The van der Waals surface area contributed by atoms with Gasteiger partial charge in [0, 0.05) is 46.7 Å². The molecule has 4 rings (SSSR count). The van der Waals surface area contributed by atoms with Crippen molar-refractivity contribution in [1.29, 1.82) is 5.41 Å². The summed E-state index contributed by atoms with van der Waals surface area (Å²) >= 11 is 0. The molecule has 3 N–H and O–H groups in total. The third kappa shape index (κ3) is 2.14. The summed E-state index contributed by atoms with van der Waals surface area (Å²) in [6, 6.07) is 10.9. The zero-order valence-corrected chi connectivity index (χ0v) is 12.5. The van der Waals surface area contributed by atoms with E-state index in [1.165, 1.54) is 0 Å². The van der Waals surface area contributed by atoms with Crippen molar-refractivity contribution >= 4 is 16.7 Å². The molecule has 5 nitrogen and oxygen atoms in total. The minimum atomic E-state index is 0.395. The zero-order valence-electron chi connectivity index (χ0n) is 12.5. The monoisotopic (exact) mass is 302 g/mol. The highest BCUT2D eigenvalue weighted by molar-refractivity contribution is 6.01. The van der Waals surface area contributed by atoms with E-state index in [1.54, 1.807) is 30.6 Å². The summed E-state index contributed by atoms with van der Waals surface area (Å²) < 4.78 is 5.96. The molecule has 1 aliphatic carbocycles. The molecular formula is C18H14N4O. The molecule has 0 spiro atoms. The van der Waals surface area contributed by atoms with Crippen LogP contribution in [0.1, 0.15) is 5.69 Å². The van der Waals surface area contributed by atoms with Gasteiger partial charge in [-0.1, -0.05) is 0 Å². The number of benzene rings is 2. The van der Waals surface area contributed by atoms with Gasteiger partial charge in [-0.3, -0.25) is 9.97 Å². The Morgan fingerprint density at radius 2 is 1.87 bits per heavy atom. The summed E-state index contributed by atoms with van der Waals surface area (Å²) in [5.41, 5.74) is 10.7. The molecule has 0 bridgehead atoms. The van der Waals surface area contributed by atoms with Gasteiger partial charge < -0.3 is 15.6 Å². The first-order valence-electron chi connectivity index (χ1n) is 7.22. The van der Waals surface area contributed by atoms with Gasteiger partial charge in [-0.25, -0.2) is 0 Å². The summed E-state index contributed by atoms with van der Waals surface area (Å²) in [4.78, 5) is 8.86. The van der Waals surface area contributed by atoms with Crippen molar-refractivity contribution in [3.05, 3.63) is 59.8 Å². The van der Waals surface area contributed by atoms with E-state index in [9.17, 15) is 0 Å². The van der Waals surface area contributed by atoms with E-state index in [0.717, 1.165) is 27.9 Å². The van der Waals surface area contributed by atoms with Gasteiger partial charge >= 0.3 is 0 Å². The average molecular weight is 302 g/mol. The van der Waals surface area contributed by atoms with Crippen LogP contribution in [0.15, 0.2) is 53.2 Å². The normalized spacial score (nSPS) is 11.2. The minimum absolute atomic E-state index is 0.395. The fourth-order valence-corrected chi connectivity index (χ4v) is 2.81. The molecule has 0 saturated heterocycles. The molecule has 23 heavy (non-hydrogen) atoms. The Bertz CT molecular complexity index is 1070. The molecule has 5 heteroatoms. The van der Waals surface area contributed by atoms with E-state index >= 15 is 0 Å². The molecule has 0 saturated carbocycles. The van der Waals surface area contributed by atoms with E-state index < -0.39 is 0 Å². The molecule has 0 fully saturated rings. The lowest BCUT2D eigenvalue weighted by molar-refractivity contribution is 0.619. The van der Waals surface area contributed by atoms with Gasteiger partial charge in [0.15, 0.2) is 0 Å². The number of nitrogen functional groups attached to an aromatic ring is 1. The predicted molar refractivity (Wildman–Crippen MR) is 88.9 cm³/mol. The maximum absolute atomic E-state index is 7.83. The Kier molecular flexibility index (Phi) is 2.87. The van der Waals surface area contributed by atoms with Gasteiger partial charge in [-0.15, -0.1) is 0 Å². The van der Waals surface area contributed by atoms with Crippen molar-refractivity contribution in [1.82, 2.24) is 9.97 Å². The topological polar surface area (TPSA) is 88.8 Å². The lowest BCUT2D eigenvalue weighted by atomic mass is 9.96. The number of anilines is 1. The quantitative estimate of drug-likeness (QED) is 0.417. The Morgan fingerprint density at radius 1 is 1.04 bits per heavy atom. The van der Waals surface area contributed by atoms with Crippen molar-refractivity contribution < 1.29 is 4.42 Å². The van der Waals surface area contributed by atoms with Crippen molar-refractivity contribution in [3.8, 4) is 22.6 Å². The Labute approximate surface area is 132 Å². The predicted octanol–water partition coefficient (Wildman–Crippen LogP) is 3.36. The number of aromatic nitrogens is 2. The third-order valence-electron chi connectivity index (χ3n) is 3.86. The van der Waals surface area contributed by atoms with E-state index in [0.29, 0.717) is 22.4 Å². The van der Waals surface area contributed by atoms with Crippen LogP contribution >= 0.6 is 0 Å². The number of hydrogen-bond donors (Lipinski definition) is 2. The molecule has 0 atom stereocenters. The molecule has 0 radical (unpaired) electrons. The second kappa shape index (κ2) is 4.91. The Hall–Kier alpha value is -3.21. The standard InChI is InChI=1S/C18H14N4O/c1-10-18(22-7-6-21-10)17-13-4-2-11(19)8-15(13)23-16-9-12(20)3-5-14(16)17/h2-9,19H,20H2,1H3. The number of nitrogens with one attached hydrogen (secondary N) is 1. The fourth-order valence-electron chi connectivity index (χ4n) is 2.81. The molecular weight excluding hydrogens is 288 g/mol. The highest BCUT2D eigenvalue weighted by atomic mass is 16.3. The first kappa shape index (κ1) is 13.5. The molecule has 0 unspecified atom stereocenters. The third-order valence-corrected chi connectivity index (χ3v) is 3.86. The van der Waals surface area contributed by atoms with Crippen LogP contribution in [0.25, 0.3) is 33.6 Å². The molecule has 2 aliphatic rings. The van der Waals surface area contributed by atoms with Gasteiger partial charge in [-0.05, 0) is 31.2 Å². The van der Waals surface area contributed by atoms with Crippen LogP contribution in [0.5, 0.6) is 0 Å². The summed E-state index contributed by atoms with van der Waals surface area (Å²) in [5.74, 6) is 0.635. The van der Waals surface area contributed by atoms with E-state index in [1.807, 2.05) is 25.1 Å². The van der Waals surface area contributed by atoms with Crippen LogP contribution in [0, 0.1) is 12.3 Å².